The van der Waals surface area contributed by atoms with Crippen LogP contribution in [0.1, 0.15) is 52.6 Å². The van der Waals surface area contributed by atoms with E-state index >= 15 is 0 Å². The Bertz CT molecular complexity index is 941. The predicted octanol–water partition coefficient (Wildman–Crippen LogP) is 3.11. The lowest BCUT2D eigenvalue weighted by molar-refractivity contribution is -0.139. The van der Waals surface area contributed by atoms with Crippen LogP contribution < -0.4 is 10.6 Å². The monoisotopic (exact) mass is 485 g/mol. The summed E-state index contributed by atoms with van der Waals surface area (Å²) in [5, 5.41) is 6.03. The Morgan fingerprint density at radius 2 is 1.80 bits per heavy atom. The molecule has 9 nitrogen and oxygen atoms in total. The third-order valence-electron chi connectivity index (χ3n) is 6.11. The summed E-state index contributed by atoms with van der Waals surface area (Å²) in [6, 6.07) is 8.61. The molecule has 0 spiro atoms. The van der Waals surface area contributed by atoms with Crippen molar-refractivity contribution in [2.75, 3.05) is 45.9 Å². The number of carbonyl (C=O) groups is 3. The fraction of sp³-hybridized carbons (Fsp3) is 0.577. The van der Waals surface area contributed by atoms with Gasteiger partial charge in [-0.3, -0.25) is 9.80 Å². The van der Waals surface area contributed by atoms with Gasteiger partial charge in [0.15, 0.2) is 0 Å². The number of ether oxygens (including phenoxy) is 1. The molecule has 0 unspecified atom stereocenters. The van der Waals surface area contributed by atoms with Crippen molar-refractivity contribution in [3.05, 3.63) is 47.2 Å². The molecule has 1 aromatic rings. The van der Waals surface area contributed by atoms with E-state index in [1.165, 1.54) is 0 Å². The van der Waals surface area contributed by atoms with Crippen molar-refractivity contribution in [2.45, 2.75) is 52.6 Å². The van der Waals surface area contributed by atoms with Crippen molar-refractivity contribution in [1.82, 2.24) is 25.3 Å². The maximum Gasteiger partial charge on any atom is 0.338 e. The zero-order valence-corrected chi connectivity index (χ0v) is 21.6. The van der Waals surface area contributed by atoms with Gasteiger partial charge >= 0.3 is 18.0 Å². The quantitative estimate of drug-likeness (QED) is 0.604. The van der Waals surface area contributed by atoms with Gasteiger partial charge in [0.1, 0.15) is 0 Å². The third-order valence-corrected chi connectivity index (χ3v) is 6.11. The first-order valence-electron chi connectivity index (χ1n) is 12.5. The normalized spacial score (nSPS) is 19.8. The average molecular weight is 486 g/mol. The van der Waals surface area contributed by atoms with Crippen LogP contribution in [0.2, 0.25) is 0 Å². The summed E-state index contributed by atoms with van der Waals surface area (Å²) in [5.74, 6) is -0.421. The van der Waals surface area contributed by atoms with Crippen molar-refractivity contribution in [2.24, 2.45) is 0 Å². The van der Waals surface area contributed by atoms with E-state index < -0.39 is 12.0 Å². The van der Waals surface area contributed by atoms with Gasteiger partial charge in [0.05, 0.1) is 18.2 Å². The molecule has 0 aliphatic carbocycles. The van der Waals surface area contributed by atoms with E-state index in [2.05, 4.69) is 15.5 Å². The van der Waals surface area contributed by atoms with Crippen molar-refractivity contribution in [3.8, 4) is 0 Å². The van der Waals surface area contributed by atoms with Crippen LogP contribution in [0.5, 0.6) is 0 Å². The number of benzene rings is 1. The van der Waals surface area contributed by atoms with Gasteiger partial charge in [-0.2, -0.15) is 0 Å². The molecule has 1 atom stereocenters. The number of hydrogen-bond donors (Lipinski definition) is 2. The molecule has 1 fully saturated rings. The molecule has 9 heteroatoms. The first-order chi connectivity index (χ1) is 16.6. The number of hydrogen-bond acceptors (Lipinski definition) is 5. The lowest BCUT2D eigenvalue weighted by Gasteiger charge is -2.38. The number of esters is 1. The molecule has 2 heterocycles. The van der Waals surface area contributed by atoms with Crippen LogP contribution in [-0.2, 0) is 9.53 Å². The Kier molecular flexibility index (Phi) is 8.77. The van der Waals surface area contributed by atoms with E-state index in [9.17, 15) is 14.4 Å². The van der Waals surface area contributed by atoms with Crippen molar-refractivity contribution in [1.29, 1.82) is 0 Å². The van der Waals surface area contributed by atoms with E-state index in [1.807, 2.05) is 62.9 Å². The number of urea groups is 2. The summed E-state index contributed by atoms with van der Waals surface area (Å²) in [5.41, 5.74) is 1.66. The van der Waals surface area contributed by atoms with Gasteiger partial charge in [-0.1, -0.05) is 30.3 Å². The molecular weight excluding hydrogens is 446 g/mol. The summed E-state index contributed by atoms with van der Waals surface area (Å²) < 4.78 is 5.45. The molecular formula is C26H39N5O4. The Morgan fingerprint density at radius 1 is 1.09 bits per heavy atom. The Hall–Kier alpha value is -3.07. The van der Waals surface area contributed by atoms with Gasteiger partial charge in [0.25, 0.3) is 0 Å². The fourth-order valence-corrected chi connectivity index (χ4v) is 4.50. The molecule has 2 aliphatic heterocycles. The molecule has 0 bridgehead atoms. The minimum atomic E-state index is -0.582. The number of nitrogens with zero attached hydrogens (tertiary/aromatic N) is 3. The summed E-state index contributed by atoms with van der Waals surface area (Å²) >= 11 is 0. The van der Waals surface area contributed by atoms with Crippen LogP contribution >= 0.6 is 0 Å². The highest BCUT2D eigenvalue weighted by atomic mass is 16.5. The predicted molar refractivity (Wildman–Crippen MR) is 135 cm³/mol. The molecule has 1 saturated heterocycles. The highest BCUT2D eigenvalue weighted by Gasteiger charge is 2.38. The number of nitrogens with one attached hydrogen (secondary N) is 2. The van der Waals surface area contributed by atoms with Gasteiger partial charge in [0, 0.05) is 50.5 Å². The Morgan fingerprint density at radius 3 is 2.43 bits per heavy atom. The van der Waals surface area contributed by atoms with E-state index in [0.717, 1.165) is 18.5 Å². The van der Waals surface area contributed by atoms with Crippen LogP contribution in [0, 0.1) is 0 Å². The van der Waals surface area contributed by atoms with E-state index in [1.54, 1.807) is 11.8 Å². The third kappa shape index (κ3) is 6.75. The minimum Gasteiger partial charge on any atom is -0.463 e. The lowest BCUT2D eigenvalue weighted by atomic mass is 9.94. The molecule has 192 valence electrons. The first kappa shape index (κ1) is 26.5. The molecule has 3 rings (SSSR count). The van der Waals surface area contributed by atoms with Crippen LogP contribution in [0.4, 0.5) is 9.59 Å². The smallest absolute Gasteiger partial charge is 0.338 e. The van der Waals surface area contributed by atoms with Gasteiger partial charge < -0.3 is 20.3 Å². The second-order valence-electron chi connectivity index (χ2n) is 9.92. The van der Waals surface area contributed by atoms with E-state index in [-0.39, 0.29) is 24.2 Å². The van der Waals surface area contributed by atoms with Crippen LogP contribution in [0.15, 0.2) is 41.6 Å². The second kappa shape index (κ2) is 11.6. The van der Waals surface area contributed by atoms with Gasteiger partial charge in [-0.25, -0.2) is 14.4 Å². The summed E-state index contributed by atoms with van der Waals surface area (Å²) in [4.78, 5) is 44.6. The Labute approximate surface area is 208 Å². The molecule has 0 radical (unpaired) electrons. The van der Waals surface area contributed by atoms with E-state index in [4.69, 9.17) is 4.74 Å². The van der Waals surface area contributed by atoms with Gasteiger partial charge in [0.2, 0.25) is 0 Å². The zero-order chi connectivity index (χ0) is 25.6. The highest BCUT2D eigenvalue weighted by molar-refractivity contribution is 5.95. The largest absolute Gasteiger partial charge is 0.463 e. The molecule has 4 amide bonds. The van der Waals surface area contributed by atoms with Crippen molar-refractivity contribution in [3.63, 3.8) is 0 Å². The maximum atomic E-state index is 13.2. The number of carbonyl (C=O) groups excluding carboxylic acids is 3. The average Bonchev–Trinajstić information content (AvgIpc) is 3.04. The lowest BCUT2D eigenvalue weighted by Crippen LogP contribution is -2.51. The van der Waals surface area contributed by atoms with Crippen LogP contribution in [0.25, 0.3) is 0 Å². The number of likely N-dealkylation sites (N-methyl/N-ethyl adjacent to an activating group) is 1. The zero-order valence-electron chi connectivity index (χ0n) is 21.6. The molecule has 1 aromatic carbocycles. The standard InChI is InChI=1S/C26H39N5O4/c1-6-31-20(18-29-14-11-15-30(17-16-29)25(34)28-26(3,4)5)21(23(32)35-7-2)22(27-24(31)33)19-12-9-8-10-13-19/h8-10,12-13,22H,6-7,11,14-18H2,1-5H3,(H,27,33)(H,28,34)/t22-/m1/s1. The molecule has 2 N–H and O–H groups in total. The second-order valence-corrected chi connectivity index (χ2v) is 9.92. The van der Waals surface area contributed by atoms with Crippen molar-refractivity contribution < 1.29 is 19.1 Å². The SMILES string of the molecule is CCOC(=O)C1=C(CN2CCCN(C(=O)NC(C)(C)C)CC2)N(CC)C(=O)N[C@@H]1c1ccccc1. The van der Waals surface area contributed by atoms with Gasteiger partial charge in [-0.15, -0.1) is 0 Å². The summed E-state index contributed by atoms with van der Waals surface area (Å²) in [7, 11) is 0. The summed E-state index contributed by atoms with van der Waals surface area (Å²) in [6.07, 6.45) is 0.806. The molecule has 0 aromatic heterocycles. The molecule has 2 aliphatic rings. The summed E-state index contributed by atoms with van der Waals surface area (Å²) in [6.45, 7) is 13.3. The minimum absolute atomic E-state index is 0.0675. The number of rotatable bonds is 6. The van der Waals surface area contributed by atoms with Crippen LogP contribution in [-0.4, -0.2) is 84.1 Å². The first-order valence-corrected chi connectivity index (χ1v) is 12.5. The number of amides is 4. The Balaban J connectivity index is 1.89. The fourth-order valence-electron chi connectivity index (χ4n) is 4.50. The highest BCUT2D eigenvalue weighted by Crippen LogP contribution is 2.32. The van der Waals surface area contributed by atoms with E-state index in [0.29, 0.717) is 44.0 Å². The topological polar surface area (TPSA) is 94.2 Å². The molecule has 35 heavy (non-hydrogen) atoms. The molecule has 0 saturated carbocycles. The maximum absolute atomic E-state index is 13.2. The van der Waals surface area contributed by atoms with Gasteiger partial charge in [-0.05, 0) is 46.6 Å². The van der Waals surface area contributed by atoms with Crippen LogP contribution in [0.3, 0.4) is 0 Å². The van der Waals surface area contributed by atoms with Crippen molar-refractivity contribution >= 4 is 18.0 Å².